The second-order valence-corrected chi connectivity index (χ2v) is 6.58. The number of amides is 2. The topological polar surface area (TPSA) is 49.9 Å². The third-order valence-corrected chi connectivity index (χ3v) is 5.39. The van der Waals surface area contributed by atoms with Gasteiger partial charge in [-0.15, -0.1) is 11.3 Å². The molecular weight excluding hydrogens is 312 g/mol. The first kappa shape index (κ1) is 15.8. The van der Waals surface area contributed by atoms with Crippen molar-refractivity contribution < 1.29 is 14.3 Å². The molecule has 1 aliphatic rings. The third kappa shape index (κ3) is 3.03. The normalized spacial score (nSPS) is 15.0. The monoisotopic (exact) mass is 332 g/mol. The van der Waals surface area contributed by atoms with Crippen LogP contribution in [-0.4, -0.2) is 54.6 Å². The highest BCUT2D eigenvalue weighted by molar-refractivity contribution is 7.21. The van der Waals surface area contributed by atoms with Gasteiger partial charge in [0, 0.05) is 30.9 Å². The van der Waals surface area contributed by atoms with E-state index in [1.165, 1.54) is 0 Å². The van der Waals surface area contributed by atoms with Crippen molar-refractivity contribution >= 4 is 33.4 Å². The Labute approximate surface area is 139 Å². The Bertz CT molecular complexity index is 733. The van der Waals surface area contributed by atoms with E-state index in [-0.39, 0.29) is 12.0 Å². The maximum atomic E-state index is 12.8. The lowest BCUT2D eigenvalue weighted by molar-refractivity contribution is 0.0574. The van der Waals surface area contributed by atoms with E-state index in [9.17, 15) is 9.59 Å². The van der Waals surface area contributed by atoms with Crippen LogP contribution in [0.1, 0.15) is 22.2 Å². The fraction of sp³-hybridized carbons (Fsp3) is 0.412. The molecule has 23 heavy (non-hydrogen) atoms. The Hall–Kier alpha value is -2.08. The molecule has 1 saturated heterocycles. The zero-order chi connectivity index (χ0) is 16.4. The molecule has 0 saturated carbocycles. The van der Waals surface area contributed by atoms with Gasteiger partial charge in [-0.2, -0.15) is 0 Å². The van der Waals surface area contributed by atoms with Crippen molar-refractivity contribution in [2.75, 3.05) is 32.8 Å². The molecule has 1 fully saturated rings. The molecule has 2 amide bonds. The predicted octanol–water partition coefficient (Wildman–Crippen LogP) is 3.12. The molecule has 1 aliphatic heterocycles. The average molecular weight is 332 g/mol. The third-order valence-electron chi connectivity index (χ3n) is 4.13. The van der Waals surface area contributed by atoms with Crippen LogP contribution in [0.3, 0.4) is 0 Å². The molecule has 0 bridgehead atoms. The number of thiophene rings is 1. The Balaban J connectivity index is 1.72. The van der Waals surface area contributed by atoms with Crippen LogP contribution in [-0.2, 0) is 4.74 Å². The molecule has 0 spiro atoms. The molecule has 6 heteroatoms. The summed E-state index contributed by atoms with van der Waals surface area (Å²) in [7, 11) is 0. The van der Waals surface area contributed by atoms with Crippen molar-refractivity contribution in [1.29, 1.82) is 0 Å². The van der Waals surface area contributed by atoms with Gasteiger partial charge in [0.25, 0.3) is 5.91 Å². The average Bonchev–Trinajstić information content (AvgIpc) is 2.92. The van der Waals surface area contributed by atoms with E-state index in [1.54, 1.807) is 23.2 Å². The number of hydrogen-bond acceptors (Lipinski definition) is 4. The van der Waals surface area contributed by atoms with E-state index in [0.717, 1.165) is 20.5 Å². The van der Waals surface area contributed by atoms with Crippen molar-refractivity contribution in [2.24, 2.45) is 0 Å². The van der Waals surface area contributed by atoms with Gasteiger partial charge in [0.05, 0.1) is 11.5 Å². The van der Waals surface area contributed by atoms with Gasteiger partial charge < -0.3 is 14.5 Å². The molecule has 2 aromatic rings. The second kappa shape index (κ2) is 6.58. The molecule has 1 aromatic heterocycles. The number of aryl methyl sites for hydroxylation is 1. The summed E-state index contributed by atoms with van der Waals surface area (Å²) < 4.78 is 6.14. The van der Waals surface area contributed by atoms with Gasteiger partial charge in [-0.1, -0.05) is 18.2 Å². The molecule has 2 heterocycles. The summed E-state index contributed by atoms with van der Waals surface area (Å²) in [5.41, 5.74) is 1.04. The molecule has 5 nitrogen and oxygen atoms in total. The van der Waals surface area contributed by atoms with E-state index in [4.69, 9.17) is 4.74 Å². The summed E-state index contributed by atoms with van der Waals surface area (Å²) in [6.07, 6.45) is -0.294. The lowest BCUT2D eigenvalue weighted by Crippen LogP contribution is -2.50. The summed E-state index contributed by atoms with van der Waals surface area (Å²) in [4.78, 5) is 28.8. The van der Waals surface area contributed by atoms with Crippen molar-refractivity contribution in [3.8, 4) is 0 Å². The molecule has 0 N–H and O–H groups in total. The minimum absolute atomic E-state index is 0.0622. The van der Waals surface area contributed by atoms with Gasteiger partial charge >= 0.3 is 6.09 Å². The Morgan fingerprint density at radius 2 is 1.78 bits per heavy atom. The number of piperazine rings is 1. The minimum Gasteiger partial charge on any atom is -0.450 e. The van der Waals surface area contributed by atoms with Crippen molar-refractivity contribution in [3.63, 3.8) is 0 Å². The van der Waals surface area contributed by atoms with Crippen LogP contribution in [0.25, 0.3) is 10.1 Å². The molecule has 0 atom stereocenters. The fourth-order valence-corrected chi connectivity index (χ4v) is 4.01. The number of rotatable bonds is 2. The maximum Gasteiger partial charge on any atom is 0.409 e. The van der Waals surface area contributed by atoms with Crippen LogP contribution in [0.15, 0.2) is 24.3 Å². The van der Waals surface area contributed by atoms with Crippen LogP contribution in [0.2, 0.25) is 0 Å². The number of benzene rings is 1. The van der Waals surface area contributed by atoms with Crippen LogP contribution in [0, 0.1) is 6.92 Å². The zero-order valence-electron chi connectivity index (χ0n) is 13.4. The molecule has 0 unspecified atom stereocenters. The van der Waals surface area contributed by atoms with Gasteiger partial charge in [0.1, 0.15) is 0 Å². The molecule has 0 radical (unpaired) electrons. The highest BCUT2D eigenvalue weighted by atomic mass is 32.1. The van der Waals surface area contributed by atoms with Gasteiger partial charge in [-0.25, -0.2) is 4.79 Å². The van der Waals surface area contributed by atoms with E-state index < -0.39 is 0 Å². The quantitative estimate of drug-likeness (QED) is 0.849. The highest BCUT2D eigenvalue weighted by Crippen LogP contribution is 2.31. The molecule has 122 valence electrons. The summed E-state index contributed by atoms with van der Waals surface area (Å²) >= 11 is 1.54. The van der Waals surface area contributed by atoms with Crippen molar-refractivity contribution in [1.82, 2.24) is 9.80 Å². The van der Waals surface area contributed by atoms with Crippen LogP contribution in [0.5, 0.6) is 0 Å². The zero-order valence-corrected chi connectivity index (χ0v) is 14.2. The van der Waals surface area contributed by atoms with Crippen LogP contribution >= 0.6 is 11.3 Å². The Morgan fingerprint density at radius 3 is 2.43 bits per heavy atom. The van der Waals surface area contributed by atoms with Gasteiger partial charge in [-0.3, -0.25) is 4.79 Å². The Morgan fingerprint density at radius 1 is 1.13 bits per heavy atom. The summed E-state index contributed by atoms with van der Waals surface area (Å²) in [6, 6.07) is 8.08. The molecule has 0 aliphatic carbocycles. The van der Waals surface area contributed by atoms with Crippen LogP contribution < -0.4 is 0 Å². The number of hydrogen-bond donors (Lipinski definition) is 0. The lowest BCUT2D eigenvalue weighted by Gasteiger charge is -2.33. The van der Waals surface area contributed by atoms with Crippen LogP contribution in [0.4, 0.5) is 4.79 Å². The minimum atomic E-state index is -0.294. The van der Waals surface area contributed by atoms with Gasteiger partial charge in [0.2, 0.25) is 0 Å². The summed E-state index contributed by atoms with van der Waals surface area (Å²) in [6.45, 7) is 6.31. The van der Waals surface area contributed by atoms with Crippen molar-refractivity contribution in [2.45, 2.75) is 13.8 Å². The second-order valence-electron chi connectivity index (χ2n) is 5.53. The largest absolute Gasteiger partial charge is 0.450 e. The summed E-state index contributed by atoms with van der Waals surface area (Å²) in [5, 5.41) is 1.14. The SMILES string of the molecule is CCOC(=O)N1CCN(C(=O)c2sc3ccccc3c2C)CC1. The van der Waals surface area contributed by atoms with Crippen molar-refractivity contribution in [3.05, 3.63) is 34.7 Å². The molecule has 3 rings (SSSR count). The molecular formula is C17H20N2O3S. The number of nitrogens with zero attached hydrogens (tertiary/aromatic N) is 2. The standard InChI is InChI=1S/C17H20N2O3S/c1-3-22-17(21)19-10-8-18(9-11-19)16(20)15-12(2)13-6-4-5-7-14(13)23-15/h4-7H,3,8-11H2,1-2H3. The number of carbonyl (C=O) groups excluding carboxylic acids is 2. The number of fused-ring (bicyclic) bond motifs is 1. The maximum absolute atomic E-state index is 12.8. The van der Waals surface area contributed by atoms with E-state index in [0.29, 0.717) is 32.8 Å². The summed E-state index contributed by atoms with van der Waals surface area (Å²) in [5.74, 6) is 0.0622. The number of ether oxygens (including phenoxy) is 1. The first-order valence-electron chi connectivity index (χ1n) is 7.81. The fourth-order valence-electron chi connectivity index (χ4n) is 2.83. The first-order valence-corrected chi connectivity index (χ1v) is 8.62. The smallest absolute Gasteiger partial charge is 0.409 e. The number of carbonyl (C=O) groups is 2. The van der Waals surface area contributed by atoms with Gasteiger partial charge in [-0.05, 0) is 30.9 Å². The van der Waals surface area contributed by atoms with E-state index in [1.807, 2.05) is 30.0 Å². The highest BCUT2D eigenvalue weighted by Gasteiger charge is 2.27. The van der Waals surface area contributed by atoms with E-state index >= 15 is 0 Å². The Kier molecular flexibility index (Phi) is 4.52. The first-order chi connectivity index (χ1) is 11.1. The lowest BCUT2D eigenvalue weighted by atomic mass is 10.1. The molecule has 1 aromatic carbocycles. The van der Waals surface area contributed by atoms with E-state index in [2.05, 4.69) is 6.07 Å². The predicted molar refractivity (Wildman–Crippen MR) is 91.1 cm³/mol. The van der Waals surface area contributed by atoms with Gasteiger partial charge in [0.15, 0.2) is 0 Å².